The number of aliphatic hydroxyl groups is 1. The molecule has 0 unspecified atom stereocenters. The van der Waals surface area contributed by atoms with Crippen molar-refractivity contribution in [1.29, 1.82) is 0 Å². The molecule has 1 saturated heterocycles. The standard InChI is InChI=1S/C41H67N5O9/c1-13-24(6)35(44(9)40(51)33(22(2)3)43-39(50)34(23(4)5)45(10)41(52)53)31(54-11)21-32(47)46-29-19-28(29)20-30(46)37(55-12)25(7)38(49)42-26(8)36(48)27-17-15-14-16-18-27/h14-18,22-26,28-31,33-37,48H,13,19-21H2,1-12H3,(H,42,49)(H,43,50)(H,52,53)/t24-,25+,26+,28-,29-,30-,31+,33-,34-,35-,36+,37+/m0/s1. The van der Waals surface area contributed by atoms with Gasteiger partial charge in [-0.25, -0.2) is 4.79 Å². The first kappa shape index (κ1) is 45.6. The van der Waals surface area contributed by atoms with E-state index in [0.717, 1.165) is 11.3 Å². The molecule has 1 aromatic rings. The van der Waals surface area contributed by atoms with Gasteiger partial charge in [0.25, 0.3) is 0 Å². The van der Waals surface area contributed by atoms with Crippen molar-refractivity contribution in [2.24, 2.45) is 29.6 Å². The lowest BCUT2D eigenvalue weighted by atomic mass is 9.89. The highest BCUT2D eigenvalue weighted by atomic mass is 16.5. The Morgan fingerprint density at radius 3 is 2.00 bits per heavy atom. The molecule has 4 N–H and O–H groups in total. The number of hydrogen-bond acceptors (Lipinski definition) is 8. The number of piperidine rings is 1. The molecule has 1 aliphatic carbocycles. The predicted molar refractivity (Wildman–Crippen MR) is 209 cm³/mol. The number of benzene rings is 1. The lowest BCUT2D eigenvalue weighted by molar-refractivity contribution is -0.149. The van der Waals surface area contributed by atoms with Crippen LogP contribution >= 0.6 is 0 Å². The second-order valence-electron chi connectivity index (χ2n) is 16.4. The molecule has 0 radical (unpaired) electrons. The van der Waals surface area contributed by atoms with Crippen LogP contribution in [0.15, 0.2) is 30.3 Å². The number of likely N-dealkylation sites (N-methyl/N-ethyl adjacent to an activating group) is 2. The molecule has 55 heavy (non-hydrogen) atoms. The maximum atomic E-state index is 14.4. The maximum absolute atomic E-state index is 14.4. The number of rotatable bonds is 20. The summed E-state index contributed by atoms with van der Waals surface area (Å²) in [6, 6.07) is 5.76. The number of carbonyl (C=O) groups excluding carboxylic acids is 4. The topological polar surface area (TPSA) is 178 Å². The molecule has 1 aliphatic heterocycles. The fourth-order valence-electron chi connectivity index (χ4n) is 8.40. The van der Waals surface area contributed by atoms with E-state index in [1.807, 2.05) is 62.9 Å². The summed E-state index contributed by atoms with van der Waals surface area (Å²) in [6.45, 7) is 14.7. The molecule has 14 nitrogen and oxygen atoms in total. The van der Waals surface area contributed by atoms with Crippen LogP contribution in [0.5, 0.6) is 0 Å². The Kier molecular flexibility index (Phi) is 16.5. The highest BCUT2D eigenvalue weighted by molar-refractivity contribution is 5.91. The quantitative estimate of drug-likeness (QED) is 0.153. The summed E-state index contributed by atoms with van der Waals surface area (Å²) in [5, 5.41) is 26.3. The zero-order chi connectivity index (χ0) is 41.5. The number of likely N-dealkylation sites (tertiary alicyclic amines) is 1. The minimum absolute atomic E-state index is 0.0162. The summed E-state index contributed by atoms with van der Waals surface area (Å²) in [7, 11) is 6.07. The second-order valence-corrected chi connectivity index (χ2v) is 16.4. The van der Waals surface area contributed by atoms with E-state index in [0.29, 0.717) is 24.3 Å². The van der Waals surface area contributed by atoms with E-state index in [4.69, 9.17) is 9.47 Å². The molecule has 1 aromatic carbocycles. The van der Waals surface area contributed by atoms with Crippen LogP contribution in [-0.2, 0) is 28.7 Å². The van der Waals surface area contributed by atoms with Gasteiger partial charge < -0.3 is 40.1 Å². The second kappa shape index (κ2) is 19.9. The number of nitrogens with one attached hydrogen (secondary N) is 2. The van der Waals surface area contributed by atoms with Crippen LogP contribution in [-0.4, -0.2) is 131 Å². The molecule has 12 atom stereocenters. The largest absolute Gasteiger partial charge is 0.465 e. The minimum Gasteiger partial charge on any atom is -0.465 e. The highest BCUT2D eigenvalue weighted by Gasteiger charge is 2.57. The molecule has 1 heterocycles. The van der Waals surface area contributed by atoms with Crippen molar-refractivity contribution in [2.45, 2.75) is 136 Å². The van der Waals surface area contributed by atoms with Gasteiger partial charge in [-0.05, 0) is 49.0 Å². The van der Waals surface area contributed by atoms with E-state index in [2.05, 4.69) is 10.6 Å². The van der Waals surface area contributed by atoms with Crippen molar-refractivity contribution in [3.8, 4) is 0 Å². The van der Waals surface area contributed by atoms with E-state index >= 15 is 0 Å². The highest BCUT2D eigenvalue weighted by Crippen LogP contribution is 2.50. The molecule has 0 spiro atoms. The number of fused-ring (bicyclic) bond motifs is 1. The number of carbonyl (C=O) groups is 5. The molecule has 0 aromatic heterocycles. The van der Waals surface area contributed by atoms with Gasteiger partial charge in [0.2, 0.25) is 23.6 Å². The van der Waals surface area contributed by atoms with Gasteiger partial charge in [-0.15, -0.1) is 0 Å². The number of ether oxygens (including phenoxy) is 2. The van der Waals surface area contributed by atoms with Crippen LogP contribution in [0.2, 0.25) is 0 Å². The molecule has 310 valence electrons. The van der Waals surface area contributed by atoms with E-state index in [9.17, 15) is 34.2 Å². The maximum Gasteiger partial charge on any atom is 0.407 e. The summed E-state index contributed by atoms with van der Waals surface area (Å²) in [6.07, 6.45) is -1.20. The molecule has 2 fully saturated rings. The van der Waals surface area contributed by atoms with Crippen molar-refractivity contribution in [2.75, 3.05) is 28.3 Å². The van der Waals surface area contributed by atoms with Crippen LogP contribution in [0.1, 0.15) is 92.7 Å². The van der Waals surface area contributed by atoms with Crippen molar-refractivity contribution >= 4 is 29.7 Å². The van der Waals surface area contributed by atoms with Gasteiger partial charge in [-0.1, -0.05) is 85.2 Å². The molecule has 5 amide bonds. The van der Waals surface area contributed by atoms with Crippen molar-refractivity contribution in [3.05, 3.63) is 35.9 Å². The zero-order valence-corrected chi connectivity index (χ0v) is 34.9. The summed E-state index contributed by atoms with van der Waals surface area (Å²) in [5.74, 6) is -2.44. The van der Waals surface area contributed by atoms with E-state index in [1.165, 1.54) is 14.2 Å². The Morgan fingerprint density at radius 2 is 1.49 bits per heavy atom. The van der Waals surface area contributed by atoms with Gasteiger partial charge >= 0.3 is 6.09 Å². The molecule has 0 bridgehead atoms. The fourth-order valence-corrected chi connectivity index (χ4v) is 8.40. The number of methoxy groups -OCH3 is 2. The first-order valence-corrected chi connectivity index (χ1v) is 19.7. The summed E-state index contributed by atoms with van der Waals surface area (Å²) in [4.78, 5) is 71.9. The smallest absolute Gasteiger partial charge is 0.407 e. The first-order chi connectivity index (χ1) is 25.8. The van der Waals surface area contributed by atoms with Gasteiger partial charge in [-0.2, -0.15) is 0 Å². The van der Waals surface area contributed by atoms with Crippen molar-refractivity contribution < 1.29 is 43.7 Å². The lowest BCUT2D eigenvalue weighted by Gasteiger charge is -2.41. The van der Waals surface area contributed by atoms with E-state index in [-0.39, 0.29) is 54.0 Å². The third kappa shape index (κ3) is 10.8. The Hall–Kier alpha value is -3.75. The molecule has 3 rings (SSSR count). The number of nitrogens with zero attached hydrogens (tertiary/aromatic N) is 3. The summed E-state index contributed by atoms with van der Waals surface area (Å²) in [5.41, 5.74) is 0.697. The van der Waals surface area contributed by atoms with Crippen LogP contribution in [0.25, 0.3) is 0 Å². The summed E-state index contributed by atoms with van der Waals surface area (Å²) >= 11 is 0. The monoisotopic (exact) mass is 773 g/mol. The fraction of sp³-hybridized carbons (Fsp3) is 0.732. The third-order valence-corrected chi connectivity index (χ3v) is 11.9. The average molecular weight is 774 g/mol. The van der Waals surface area contributed by atoms with E-state index in [1.54, 1.807) is 46.8 Å². The first-order valence-electron chi connectivity index (χ1n) is 19.7. The van der Waals surface area contributed by atoms with E-state index < -0.39 is 60.4 Å². The number of aliphatic hydroxyl groups excluding tert-OH is 1. The Balaban J connectivity index is 1.80. The van der Waals surface area contributed by atoms with Gasteiger partial charge in [-0.3, -0.25) is 24.1 Å². The Labute approximate surface area is 327 Å². The van der Waals surface area contributed by atoms with Gasteiger partial charge in [0, 0.05) is 34.4 Å². The minimum atomic E-state index is -1.25. The number of carboxylic acid groups (broad SMARTS) is 1. The van der Waals surface area contributed by atoms with Crippen LogP contribution in [0.3, 0.4) is 0 Å². The SMILES string of the molecule is CC[C@H](C)[C@@H]([C@@H](CC(=O)N1[C@H]2C[C@H]2C[C@H]1[C@H](OC)[C@@H](C)C(=O)N[C@H](C)[C@@H](O)c1ccccc1)OC)N(C)C(=O)[C@@H](NC(=O)[C@H](C(C)C)N(C)C(=O)O)C(C)C. The summed E-state index contributed by atoms with van der Waals surface area (Å²) < 4.78 is 12.0. The van der Waals surface area contributed by atoms with Crippen LogP contribution < -0.4 is 10.6 Å². The van der Waals surface area contributed by atoms with Gasteiger partial charge in [0.1, 0.15) is 12.1 Å². The van der Waals surface area contributed by atoms with Crippen LogP contribution in [0.4, 0.5) is 4.79 Å². The number of amides is 5. The number of hydrogen-bond donors (Lipinski definition) is 4. The average Bonchev–Trinajstić information content (AvgIpc) is 3.81. The zero-order valence-electron chi connectivity index (χ0n) is 34.9. The van der Waals surface area contributed by atoms with Crippen molar-refractivity contribution in [1.82, 2.24) is 25.3 Å². The normalized spacial score (nSPS) is 22.7. The molecule has 2 aliphatic rings. The predicted octanol–water partition coefficient (Wildman–Crippen LogP) is 3.92. The lowest BCUT2D eigenvalue weighted by Crippen LogP contribution is -2.60. The van der Waals surface area contributed by atoms with Gasteiger partial charge in [0.05, 0.1) is 48.8 Å². The molecule has 14 heteroatoms. The third-order valence-electron chi connectivity index (χ3n) is 11.9. The van der Waals surface area contributed by atoms with Crippen molar-refractivity contribution in [3.63, 3.8) is 0 Å². The molecular formula is C41H67N5O9. The Bertz CT molecular complexity index is 1460. The molecular weight excluding hydrogens is 706 g/mol. The Morgan fingerprint density at radius 1 is 0.873 bits per heavy atom. The van der Waals surface area contributed by atoms with Crippen LogP contribution in [0, 0.1) is 29.6 Å². The van der Waals surface area contributed by atoms with Gasteiger partial charge in [0.15, 0.2) is 0 Å². The molecule has 1 saturated carbocycles.